The van der Waals surface area contributed by atoms with Crippen LogP contribution in [0.25, 0.3) is 0 Å². The number of aromatic nitrogens is 2. The molecule has 1 aromatic heterocycles. The Balaban J connectivity index is 0.000000316. The average molecular weight is 451 g/mol. The van der Waals surface area contributed by atoms with Crippen molar-refractivity contribution in [2.75, 3.05) is 6.61 Å². The number of carboxylic acids is 1. The van der Waals surface area contributed by atoms with Crippen molar-refractivity contribution in [3.05, 3.63) is 17.0 Å². The van der Waals surface area contributed by atoms with E-state index in [0.717, 1.165) is 68.9 Å². The maximum Gasteiger partial charge on any atom is 0.356 e. The maximum atomic E-state index is 11.4. The van der Waals surface area contributed by atoms with Gasteiger partial charge >= 0.3 is 5.97 Å². The molecule has 31 heavy (non-hydrogen) atoms. The minimum absolute atomic E-state index is 0.143. The third-order valence-corrected chi connectivity index (χ3v) is 8.14. The van der Waals surface area contributed by atoms with E-state index in [2.05, 4.69) is 52.4 Å². The summed E-state index contributed by atoms with van der Waals surface area (Å²) in [6, 6.07) is 1.11. The first kappa shape index (κ1) is 25.8. The summed E-state index contributed by atoms with van der Waals surface area (Å²) in [5.74, 6) is -0.482. The zero-order chi connectivity index (χ0) is 23.4. The zero-order valence-corrected chi connectivity index (χ0v) is 21.6. The van der Waals surface area contributed by atoms with Gasteiger partial charge in [-0.1, -0.05) is 47.3 Å². The van der Waals surface area contributed by atoms with Crippen LogP contribution >= 0.6 is 0 Å². The van der Waals surface area contributed by atoms with Gasteiger partial charge in [0.05, 0.1) is 0 Å². The molecule has 0 saturated heterocycles. The molecule has 6 nitrogen and oxygen atoms in total. The second kappa shape index (κ2) is 9.99. The van der Waals surface area contributed by atoms with Gasteiger partial charge in [0.15, 0.2) is 5.69 Å². The molecule has 0 aliphatic heterocycles. The van der Waals surface area contributed by atoms with E-state index in [4.69, 9.17) is 4.74 Å². The van der Waals surface area contributed by atoms with E-state index >= 15 is 0 Å². The van der Waals surface area contributed by atoms with Crippen molar-refractivity contribution in [2.24, 2.45) is 10.8 Å². The lowest BCUT2D eigenvalue weighted by Crippen LogP contribution is -2.25. The first-order valence-electron chi connectivity index (χ1n) is 11.6. The summed E-state index contributed by atoms with van der Waals surface area (Å²) in [4.78, 5) is 22.2. The minimum atomic E-state index is -1.10. The van der Waals surface area contributed by atoms with Gasteiger partial charge < -0.3 is 9.84 Å². The van der Waals surface area contributed by atoms with Crippen LogP contribution in [0.5, 0.6) is 0 Å². The quantitative estimate of drug-likeness (QED) is 0.453. The zero-order valence-electron chi connectivity index (χ0n) is 20.6. The van der Waals surface area contributed by atoms with Gasteiger partial charge in [-0.25, -0.2) is 9.48 Å². The molecule has 1 aromatic rings. The minimum Gasteiger partial charge on any atom is -0.476 e. The van der Waals surface area contributed by atoms with Crippen LogP contribution in [0.1, 0.15) is 81.5 Å². The highest BCUT2D eigenvalue weighted by Crippen LogP contribution is 2.36. The SMILES string of the molecule is CC1(C)CCC(=O)CC1.CC1(C)CCc2c(c(C(=O)O)nn2COCC[Si](C)(C)C)C1. The van der Waals surface area contributed by atoms with Crippen molar-refractivity contribution in [3.8, 4) is 0 Å². The van der Waals surface area contributed by atoms with Crippen LogP contribution in [-0.4, -0.2) is 41.3 Å². The van der Waals surface area contributed by atoms with Gasteiger partial charge in [-0.2, -0.15) is 5.10 Å². The largest absolute Gasteiger partial charge is 0.476 e. The van der Waals surface area contributed by atoms with Crippen LogP contribution in [-0.2, 0) is 29.1 Å². The van der Waals surface area contributed by atoms with E-state index in [1.54, 1.807) is 4.68 Å². The molecule has 0 spiro atoms. The van der Waals surface area contributed by atoms with E-state index in [0.29, 0.717) is 17.9 Å². The molecule has 0 atom stereocenters. The van der Waals surface area contributed by atoms with Crippen molar-refractivity contribution >= 4 is 19.8 Å². The van der Waals surface area contributed by atoms with Gasteiger partial charge in [0.1, 0.15) is 12.5 Å². The summed E-state index contributed by atoms with van der Waals surface area (Å²) in [7, 11) is -1.10. The molecule has 3 rings (SSSR count). The number of carbonyl (C=O) groups excluding carboxylic acids is 1. The highest BCUT2D eigenvalue weighted by Gasteiger charge is 2.33. The summed E-state index contributed by atoms with van der Waals surface area (Å²) in [5.41, 5.74) is 2.73. The number of rotatable bonds is 6. The molecule has 7 heteroatoms. The number of nitrogens with zero attached hydrogens (tertiary/aromatic N) is 2. The van der Waals surface area contributed by atoms with E-state index in [9.17, 15) is 14.7 Å². The highest BCUT2D eigenvalue weighted by molar-refractivity contribution is 6.76. The number of hydrogen-bond acceptors (Lipinski definition) is 4. The Labute approximate surface area is 188 Å². The maximum absolute atomic E-state index is 11.4. The molecule has 2 aliphatic rings. The van der Waals surface area contributed by atoms with Crippen molar-refractivity contribution in [3.63, 3.8) is 0 Å². The lowest BCUT2D eigenvalue weighted by molar-refractivity contribution is -0.121. The van der Waals surface area contributed by atoms with Gasteiger partial charge in [-0.3, -0.25) is 4.79 Å². The molecule has 0 radical (unpaired) electrons. The van der Waals surface area contributed by atoms with Crippen LogP contribution in [0.15, 0.2) is 0 Å². The third-order valence-electron chi connectivity index (χ3n) is 6.43. The van der Waals surface area contributed by atoms with Crippen LogP contribution in [0.4, 0.5) is 0 Å². The Bertz CT molecular complexity index is 778. The van der Waals surface area contributed by atoms with Crippen molar-refractivity contribution in [2.45, 2.75) is 105 Å². The Morgan fingerprint density at radius 3 is 2.16 bits per heavy atom. The fraction of sp³-hybridized carbons (Fsp3) is 0.792. The first-order valence-corrected chi connectivity index (χ1v) is 15.3. The van der Waals surface area contributed by atoms with Crippen molar-refractivity contribution in [1.82, 2.24) is 9.78 Å². The second-order valence-electron chi connectivity index (χ2n) is 12.0. The van der Waals surface area contributed by atoms with Crippen LogP contribution in [0.2, 0.25) is 25.7 Å². The monoisotopic (exact) mass is 450 g/mol. The lowest BCUT2D eigenvalue weighted by Gasteiger charge is -2.29. The van der Waals surface area contributed by atoms with E-state index < -0.39 is 14.0 Å². The molecule has 0 amide bonds. The standard InChI is InChI=1S/C16H28N2O3Si.C8H14O/c1-16(2)7-6-13-12(10-16)14(15(19)20)17-18(13)11-21-8-9-22(3,4)5;1-8(2)5-3-7(9)4-6-8/h6-11H2,1-5H3,(H,19,20);3-6H2,1-2H3. The number of carbonyl (C=O) groups is 2. The van der Waals surface area contributed by atoms with Crippen LogP contribution < -0.4 is 0 Å². The van der Waals surface area contributed by atoms with Gasteiger partial charge in [-0.15, -0.1) is 0 Å². The van der Waals surface area contributed by atoms with Crippen LogP contribution in [0.3, 0.4) is 0 Å². The summed E-state index contributed by atoms with van der Waals surface area (Å²) >= 11 is 0. The van der Waals surface area contributed by atoms with Gasteiger partial charge in [0.2, 0.25) is 0 Å². The third kappa shape index (κ3) is 8.18. The molecule has 0 bridgehead atoms. The molecule has 1 heterocycles. The smallest absolute Gasteiger partial charge is 0.356 e. The summed E-state index contributed by atoms with van der Waals surface area (Å²) in [6.45, 7) is 16.9. The molecular weight excluding hydrogens is 408 g/mol. The average Bonchev–Trinajstić information content (AvgIpc) is 2.98. The summed E-state index contributed by atoms with van der Waals surface area (Å²) < 4.78 is 7.51. The molecule has 1 fully saturated rings. The Kier molecular flexibility index (Phi) is 8.31. The number of ether oxygens (including phenoxy) is 1. The molecule has 2 aliphatic carbocycles. The highest BCUT2D eigenvalue weighted by atomic mass is 28.3. The van der Waals surface area contributed by atoms with Crippen LogP contribution in [0, 0.1) is 10.8 Å². The van der Waals surface area contributed by atoms with Crippen molar-refractivity contribution in [1.29, 1.82) is 0 Å². The number of carboxylic acid groups (broad SMARTS) is 1. The molecule has 176 valence electrons. The number of Topliss-reactive ketones (excluding diaryl/α,β-unsaturated/α-hetero) is 1. The van der Waals surface area contributed by atoms with E-state index in [-0.39, 0.29) is 11.1 Å². The van der Waals surface area contributed by atoms with Crippen molar-refractivity contribution < 1.29 is 19.4 Å². The molecule has 1 saturated carbocycles. The number of fused-ring (bicyclic) bond motifs is 1. The molecular formula is C24H42N2O4Si. The number of aromatic carboxylic acids is 1. The van der Waals surface area contributed by atoms with E-state index in [1.165, 1.54) is 0 Å². The Morgan fingerprint density at radius 2 is 1.65 bits per heavy atom. The molecule has 0 unspecified atom stereocenters. The normalized spacial score (nSPS) is 19.9. The van der Waals surface area contributed by atoms with E-state index in [1.807, 2.05) is 0 Å². The summed E-state index contributed by atoms with van der Waals surface area (Å²) in [6.07, 6.45) is 6.51. The Hall–Kier alpha value is -1.47. The lowest BCUT2D eigenvalue weighted by atomic mass is 9.76. The van der Waals surface area contributed by atoms with Gasteiger partial charge in [0, 0.05) is 38.8 Å². The Morgan fingerprint density at radius 1 is 1.06 bits per heavy atom. The molecule has 1 N–H and O–H groups in total. The molecule has 0 aromatic carbocycles. The van der Waals surface area contributed by atoms with Gasteiger partial charge in [-0.05, 0) is 49.0 Å². The number of ketones is 1. The fourth-order valence-electron chi connectivity index (χ4n) is 4.04. The van der Waals surface area contributed by atoms with Gasteiger partial charge in [0.25, 0.3) is 0 Å². The topological polar surface area (TPSA) is 81.4 Å². The predicted molar refractivity (Wildman–Crippen MR) is 126 cm³/mol. The first-order chi connectivity index (χ1) is 14.2. The summed E-state index contributed by atoms with van der Waals surface area (Å²) in [5, 5.41) is 13.7. The second-order valence-corrected chi connectivity index (χ2v) is 17.6. The fourth-order valence-corrected chi connectivity index (χ4v) is 4.79. The number of hydrogen-bond donors (Lipinski definition) is 1. The predicted octanol–water partition coefficient (Wildman–Crippen LogP) is 5.56.